The van der Waals surface area contributed by atoms with Crippen molar-refractivity contribution in [3.8, 4) is 12.1 Å². The molecule has 4 aliphatic rings. The molecular formula is C27H29N7O2. The van der Waals surface area contributed by atoms with Gasteiger partial charge in [-0.15, -0.1) is 0 Å². The first-order valence-corrected chi connectivity index (χ1v) is 12.9. The topological polar surface area (TPSA) is 118 Å². The zero-order valence-electron chi connectivity index (χ0n) is 20.2. The van der Waals surface area contributed by atoms with E-state index in [0.29, 0.717) is 60.7 Å². The molecule has 0 radical (unpaired) electrons. The molecule has 4 fully saturated rings. The quantitative estimate of drug-likeness (QED) is 0.636. The van der Waals surface area contributed by atoms with Crippen molar-refractivity contribution in [1.82, 2.24) is 14.9 Å². The van der Waals surface area contributed by atoms with Crippen LogP contribution in [0.25, 0.3) is 0 Å². The molecule has 0 spiro atoms. The van der Waals surface area contributed by atoms with Crippen molar-refractivity contribution < 1.29 is 9.53 Å². The predicted octanol–water partition coefficient (Wildman–Crippen LogP) is 3.45. The van der Waals surface area contributed by atoms with Gasteiger partial charge in [-0.3, -0.25) is 4.79 Å². The van der Waals surface area contributed by atoms with Gasteiger partial charge in [0.1, 0.15) is 17.7 Å². The molecule has 9 nitrogen and oxygen atoms in total. The standard InChI is InChI=1S/C27H29N7O2/c28-14-17-5-7-30-24(11-17)31-22-12-20(15-29)27(32-26(22)19-3-4-19)33-8-9-34(23(16-33)18-1-2-18)25(35)13-21-6-10-36-21/h5,7,11-12,18-19,21,23H,1-4,6,8-10,13,16H2,(H,30,31)/t21-,23+/m1/s1. The molecule has 184 valence electrons. The number of amides is 1. The van der Waals surface area contributed by atoms with Gasteiger partial charge in [0.05, 0.1) is 47.1 Å². The molecule has 2 saturated heterocycles. The number of anilines is 3. The maximum Gasteiger partial charge on any atom is 0.225 e. The summed E-state index contributed by atoms with van der Waals surface area (Å²) in [5, 5.41) is 22.6. The van der Waals surface area contributed by atoms with E-state index in [1.54, 1.807) is 18.3 Å². The number of nitrogens with zero attached hydrogens (tertiary/aromatic N) is 6. The van der Waals surface area contributed by atoms with Crippen LogP contribution >= 0.6 is 0 Å². The lowest BCUT2D eigenvalue weighted by atomic mass is 10.0. The summed E-state index contributed by atoms with van der Waals surface area (Å²) in [6, 6.07) is 9.86. The summed E-state index contributed by atoms with van der Waals surface area (Å²) in [5.41, 5.74) is 2.74. The second-order valence-electron chi connectivity index (χ2n) is 10.3. The fraction of sp³-hybridized carbons (Fsp3) is 0.519. The van der Waals surface area contributed by atoms with Gasteiger partial charge in [0, 0.05) is 38.4 Å². The van der Waals surface area contributed by atoms with Gasteiger partial charge in [-0.25, -0.2) is 9.97 Å². The number of carbonyl (C=O) groups is 1. The van der Waals surface area contributed by atoms with Gasteiger partial charge in [0.25, 0.3) is 0 Å². The number of hydrogen-bond donors (Lipinski definition) is 1. The zero-order valence-corrected chi connectivity index (χ0v) is 20.2. The summed E-state index contributed by atoms with van der Waals surface area (Å²) in [6.07, 6.45) is 7.53. The fourth-order valence-corrected chi connectivity index (χ4v) is 5.27. The monoisotopic (exact) mass is 483 g/mol. The van der Waals surface area contributed by atoms with E-state index in [4.69, 9.17) is 9.72 Å². The number of piperazine rings is 1. The molecule has 2 aliphatic heterocycles. The number of nitriles is 2. The highest BCUT2D eigenvalue weighted by molar-refractivity contribution is 5.78. The summed E-state index contributed by atoms with van der Waals surface area (Å²) < 4.78 is 5.50. The normalized spacial score (nSPS) is 23.4. The summed E-state index contributed by atoms with van der Waals surface area (Å²) in [6.45, 7) is 2.76. The Morgan fingerprint density at radius 2 is 1.97 bits per heavy atom. The molecule has 2 saturated carbocycles. The van der Waals surface area contributed by atoms with Crippen LogP contribution in [0.1, 0.15) is 61.3 Å². The maximum atomic E-state index is 13.1. The first-order chi connectivity index (χ1) is 17.6. The second kappa shape index (κ2) is 9.40. The molecule has 0 bridgehead atoms. The number of hydrogen-bond acceptors (Lipinski definition) is 8. The van der Waals surface area contributed by atoms with E-state index in [9.17, 15) is 15.3 Å². The molecule has 0 unspecified atom stereocenters. The highest BCUT2D eigenvalue weighted by Crippen LogP contribution is 2.45. The van der Waals surface area contributed by atoms with Crippen LogP contribution in [0.15, 0.2) is 24.4 Å². The van der Waals surface area contributed by atoms with E-state index in [2.05, 4.69) is 32.2 Å². The molecule has 0 aromatic carbocycles. The number of aromatic nitrogens is 2. The lowest BCUT2D eigenvalue weighted by molar-refractivity contribution is -0.142. The SMILES string of the molecule is N#Cc1ccnc(Nc2cc(C#N)c(N3CCN(C(=O)C[C@H]4CCO4)[C@H](C4CC4)C3)nc2C2CC2)c1. The number of ether oxygens (including phenoxy) is 1. The second-order valence-corrected chi connectivity index (χ2v) is 10.3. The van der Waals surface area contributed by atoms with Crippen LogP contribution in [0.2, 0.25) is 0 Å². The average molecular weight is 484 g/mol. The molecule has 9 heteroatoms. The molecule has 1 amide bonds. The van der Waals surface area contributed by atoms with Crippen molar-refractivity contribution >= 4 is 23.2 Å². The molecular weight excluding hydrogens is 454 g/mol. The van der Waals surface area contributed by atoms with Crippen molar-refractivity contribution in [3.05, 3.63) is 41.2 Å². The summed E-state index contributed by atoms with van der Waals surface area (Å²) >= 11 is 0. The number of carbonyl (C=O) groups excluding carboxylic acids is 1. The van der Waals surface area contributed by atoms with E-state index in [-0.39, 0.29) is 18.1 Å². The number of rotatable bonds is 7. The Morgan fingerprint density at radius 3 is 2.64 bits per heavy atom. The van der Waals surface area contributed by atoms with Gasteiger partial charge in [-0.05, 0) is 56.2 Å². The maximum absolute atomic E-state index is 13.1. The smallest absolute Gasteiger partial charge is 0.225 e. The highest BCUT2D eigenvalue weighted by atomic mass is 16.5. The number of nitrogens with one attached hydrogen (secondary N) is 1. The largest absolute Gasteiger partial charge is 0.377 e. The van der Waals surface area contributed by atoms with Crippen LogP contribution in [-0.4, -0.2) is 59.2 Å². The van der Waals surface area contributed by atoms with Gasteiger partial charge < -0.3 is 19.9 Å². The summed E-state index contributed by atoms with van der Waals surface area (Å²) in [4.78, 5) is 26.7. The molecule has 2 atom stereocenters. The minimum absolute atomic E-state index is 0.0757. The van der Waals surface area contributed by atoms with Gasteiger partial charge in [0.2, 0.25) is 5.91 Å². The van der Waals surface area contributed by atoms with E-state index >= 15 is 0 Å². The molecule has 2 aliphatic carbocycles. The summed E-state index contributed by atoms with van der Waals surface area (Å²) in [7, 11) is 0. The van der Waals surface area contributed by atoms with Crippen LogP contribution in [0, 0.1) is 28.6 Å². The zero-order chi connectivity index (χ0) is 24.6. The Kier molecular flexibility index (Phi) is 5.94. The van der Waals surface area contributed by atoms with Crippen LogP contribution < -0.4 is 10.2 Å². The molecule has 6 rings (SSSR count). The third-order valence-electron chi connectivity index (χ3n) is 7.67. The average Bonchev–Trinajstić information content (AvgIpc) is 3.79. The Morgan fingerprint density at radius 1 is 1.14 bits per heavy atom. The first kappa shape index (κ1) is 22.8. The van der Waals surface area contributed by atoms with E-state index in [1.165, 1.54) is 0 Å². The lowest BCUT2D eigenvalue weighted by Crippen LogP contribution is -2.57. The van der Waals surface area contributed by atoms with Crippen LogP contribution in [0.5, 0.6) is 0 Å². The molecule has 2 aromatic heterocycles. The van der Waals surface area contributed by atoms with Crippen LogP contribution in [-0.2, 0) is 9.53 Å². The van der Waals surface area contributed by atoms with E-state index < -0.39 is 0 Å². The molecule has 36 heavy (non-hydrogen) atoms. The fourth-order valence-electron chi connectivity index (χ4n) is 5.27. The predicted molar refractivity (Wildman–Crippen MR) is 133 cm³/mol. The van der Waals surface area contributed by atoms with Crippen molar-refractivity contribution in [3.63, 3.8) is 0 Å². The molecule has 4 heterocycles. The van der Waals surface area contributed by atoms with Crippen LogP contribution in [0.4, 0.5) is 17.3 Å². The Balaban J connectivity index is 1.26. The number of pyridine rings is 2. The highest BCUT2D eigenvalue weighted by Gasteiger charge is 2.42. The third-order valence-corrected chi connectivity index (χ3v) is 7.67. The first-order valence-electron chi connectivity index (χ1n) is 12.9. The molecule has 2 aromatic rings. The lowest BCUT2D eigenvalue weighted by Gasteiger charge is -2.43. The van der Waals surface area contributed by atoms with E-state index in [1.807, 2.05) is 6.07 Å². The van der Waals surface area contributed by atoms with Crippen LogP contribution in [0.3, 0.4) is 0 Å². The Hall–Kier alpha value is -3.69. The minimum atomic E-state index is 0.0757. The van der Waals surface area contributed by atoms with Gasteiger partial charge in [-0.1, -0.05) is 0 Å². The van der Waals surface area contributed by atoms with Crippen molar-refractivity contribution in [2.75, 3.05) is 36.5 Å². The van der Waals surface area contributed by atoms with Gasteiger partial charge >= 0.3 is 0 Å². The third kappa shape index (κ3) is 4.59. The van der Waals surface area contributed by atoms with Gasteiger partial charge in [-0.2, -0.15) is 10.5 Å². The van der Waals surface area contributed by atoms with Gasteiger partial charge in [0.15, 0.2) is 0 Å². The molecule has 1 N–H and O–H groups in total. The van der Waals surface area contributed by atoms with E-state index in [0.717, 1.165) is 50.1 Å². The van der Waals surface area contributed by atoms with Crippen molar-refractivity contribution in [1.29, 1.82) is 10.5 Å². The summed E-state index contributed by atoms with van der Waals surface area (Å²) in [5.74, 6) is 2.33. The van der Waals surface area contributed by atoms with Crippen molar-refractivity contribution in [2.45, 2.75) is 56.6 Å². The Labute approximate surface area is 210 Å². The minimum Gasteiger partial charge on any atom is -0.377 e. The Bertz CT molecular complexity index is 1250. The van der Waals surface area contributed by atoms with Crippen molar-refractivity contribution in [2.24, 2.45) is 5.92 Å².